The predicted molar refractivity (Wildman–Crippen MR) is 100 cm³/mol. The van der Waals surface area contributed by atoms with Gasteiger partial charge in [0.05, 0.1) is 12.5 Å². The van der Waals surface area contributed by atoms with Gasteiger partial charge in [-0.3, -0.25) is 9.59 Å². The number of amides is 2. The Hall–Kier alpha value is -1.79. The second-order valence-electron chi connectivity index (χ2n) is 6.05. The van der Waals surface area contributed by atoms with Crippen molar-refractivity contribution in [3.8, 4) is 5.75 Å². The number of rotatable bonds is 7. The molecule has 2 rings (SSSR count). The molecule has 0 aromatic heterocycles. The predicted octanol–water partition coefficient (Wildman–Crippen LogP) is 1.82. The molecule has 1 aliphatic heterocycles. The standard InChI is InChI=1S/C18H27N3O3.ClH/c1-2-11-24-16-7-3-5-14(12-16)18(23)21-10-4-6-15(13-21)17(22)20-9-8-19;/h3,5,7,12,15H,2,4,6,8-11,13,19H2,1H3,(H,20,22);1H. The van der Waals surface area contributed by atoms with E-state index in [1.165, 1.54) is 0 Å². The van der Waals surface area contributed by atoms with Gasteiger partial charge < -0.3 is 20.7 Å². The van der Waals surface area contributed by atoms with E-state index in [1.54, 1.807) is 17.0 Å². The highest BCUT2D eigenvalue weighted by molar-refractivity contribution is 5.95. The molecule has 1 aliphatic rings. The maximum Gasteiger partial charge on any atom is 0.254 e. The molecule has 3 N–H and O–H groups in total. The zero-order valence-electron chi connectivity index (χ0n) is 14.7. The number of nitrogens with one attached hydrogen (secondary N) is 1. The fourth-order valence-electron chi connectivity index (χ4n) is 2.84. The molecule has 7 heteroatoms. The Morgan fingerprint density at radius 2 is 2.20 bits per heavy atom. The Balaban J connectivity index is 0.00000312. The van der Waals surface area contributed by atoms with E-state index in [4.69, 9.17) is 10.5 Å². The number of ether oxygens (including phenoxy) is 1. The Labute approximate surface area is 155 Å². The van der Waals surface area contributed by atoms with Crippen molar-refractivity contribution in [2.24, 2.45) is 11.7 Å². The zero-order chi connectivity index (χ0) is 17.4. The van der Waals surface area contributed by atoms with E-state index in [9.17, 15) is 9.59 Å². The highest BCUT2D eigenvalue weighted by Gasteiger charge is 2.28. The molecule has 25 heavy (non-hydrogen) atoms. The molecule has 2 amide bonds. The summed E-state index contributed by atoms with van der Waals surface area (Å²) in [4.78, 5) is 26.6. The molecule has 1 saturated heterocycles. The van der Waals surface area contributed by atoms with Crippen LogP contribution in [-0.2, 0) is 4.79 Å². The van der Waals surface area contributed by atoms with E-state index < -0.39 is 0 Å². The third-order valence-electron chi connectivity index (χ3n) is 4.08. The number of carbonyl (C=O) groups excluding carboxylic acids is 2. The Morgan fingerprint density at radius 1 is 1.40 bits per heavy atom. The Morgan fingerprint density at radius 3 is 2.92 bits per heavy atom. The van der Waals surface area contributed by atoms with Crippen LogP contribution in [0.2, 0.25) is 0 Å². The molecule has 1 unspecified atom stereocenters. The average Bonchev–Trinajstić information content (AvgIpc) is 2.64. The van der Waals surface area contributed by atoms with Crippen molar-refractivity contribution in [3.05, 3.63) is 29.8 Å². The summed E-state index contributed by atoms with van der Waals surface area (Å²) in [6, 6.07) is 7.24. The molecule has 1 heterocycles. The maximum absolute atomic E-state index is 12.7. The van der Waals surface area contributed by atoms with Crippen LogP contribution in [0, 0.1) is 5.92 Å². The van der Waals surface area contributed by atoms with Crippen LogP contribution in [0.15, 0.2) is 24.3 Å². The second kappa shape index (κ2) is 10.9. The molecular weight excluding hydrogens is 342 g/mol. The van der Waals surface area contributed by atoms with Crippen LogP contribution in [0.5, 0.6) is 5.75 Å². The van der Waals surface area contributed by atoms with Crippen molar-refractivity contribution in [1.82, 2.24) is 10.2 Å². The summed E-state index contributed by atoms with van der Waals surface area (Å²) in [5, 5.41) is 2.81. The maximum atomic E-state index is 12.7. The molecule has 1 aromatic carbocycles. The van der Waals surface area contributed by atoms with Gasteiger partial charge in [0.2, 0.25) is 5.91 Å². The van der Waals surface area contributed by atoms with Crippen LogP contribution in [0.3, 0.4) is 0 Å². The summed E-state index contributed by atoms with van der Waals surface area (Å²) in [5.41, 5.74) is 6.02. The fraction of sp³-hybridized carbons (Fsp3) is 0.556. The Bertz CT molecular complexity index is 568. The number of hydrogen-bond acceptors (Lipinski definition) is 4. The molecule has 6 nitrogen and oxygen atoms in total. The van der Waals surface area contributed by atoms with Crippen molar-refractivity contribution >= 4 is 24.2 Å². The molecule has 1 atom stereocenters. The molecule has 1 aromatic rings. The molecule has 0 radical (unpaired) electrons. The van der Waals surface area contributed by atoms with E-state index in [2.05, 4.69) is 5.32 Å². The van der Waals surface area contributed by atoms with E-state index in [0.717, 1.165) is 19.3 Å². The van der Waals surface area contributed by atoms with Crippen molar-refractivity contribution in [3.63, 3.8) is 0 Å². The Kier molecular flexibility index (Phi) is 9.31. The highest BCUT2D eigenvalue weighted by Crippen LogP contribution is 2.21. The molecule has 0 aliphatic carbocycles. The molecular formula is C18H28ClN3O3. The van der Waals surface area contributed by atoms with Crippen LogP contribution in [0.1, 0.15) is 36.5 Å². The van der Waals surface area contributed by atoms with Gasteiger partial charge in [0, 0.05) is 31.7 Å². The number of hydrogen-bond donors (Lipinski definition) is 2. The smallest absolute Gasteiger partial charge is 0.254 e. The molecule has 0 spiro atoms. The van der Waals surface area contributed by atoms with Gasteiger partial charge in [0.15, 0.2) is 0 Å². The first kappa shape index (κ1) is 21.3. The molecule has 0 bridgehead atoms. The third-order valence-corrected chi connectivity index (χ3v) is 4.08. The number of likely N-dealkylation sites (tertiary alicyclic amines) is 1. The summed E-state index contributed by atoms with van der Waals surface area (Å²) in [7, 11) is 0. The fourth-order valence-corrected chi connectivity index (χ4v) is 2.84. The van der Waals surface area contributed by atoms with Crippen LogP contribution in [0.4, 0.5) is 0 Å². The van der Waals surface area contributed by atoms with Gasteiger partial charge in [-0.05, 0) is 37.5 Å². The minimum atomic E-state index is -0.159. The topological polar surface area (TPSA) is 84.7 Å². The van der Waals surface area contributed by atoms with Gasteiger partial charge in [-0.25, -0.2) is 0 Å². The number of nitrogens with two attached hydrogens (primary N) is 1. The average molecular weight is 370 g/mol. The van der Waals surface area contributed by atoms with Gasteiger partial charge in [-0.15, -0.1) is 12.4 Å². The highest BCUT2D eigenvalue weighted by atomic mass is 35.5. The van der Waals surface area contributed by atoms with Gasteiger partial charge >= 0.3 is 0 Å². The summed E-state index contributed by atoms with van der Waals surface area (Å²) in [6.07, 6.45) is 2.56. The number of carbonyl (C=O) groups is 2. The SMILES string of the molecule is CCCOc1cccc(C(=O)N2CCCC(C(=O)NCCN)C2)c1.Cl. The minimum absolute atomic E-state index is 0. The number of piperidine rings is 1. The van der Waals surface area contributed by atoms with Crippen molar-refractivity contribution in [1.29, 1.82) is 0 Å². The third kappa shape index (κ3) is 6.21. The largest absolute Gasteiger partial charge is 0.494 e. The normalized spacial score (nSPS) is 16.7. The van der Waals surface area contributed by atoms with Gasteiger partial charge in [0.1, 0.15) is 5.75 Å². The van der Waals surface area contributed by atoms with E-state index in [-0.39, 0.29) is 30.1 Å². The van der Waals surface area contributed by atoms with Crippen LogP contribution in [0.25, 0.3) is 0 Å². The number of nitrogens with zero attached hydrogens (tertiary/aromatic N) is 1. The first-order chi connectivity index (χ1) is 11.7. The van der Waals surface area contributed by atoms with Crippen LogP contribution in [-0.4, -0.2) is 49.5 Å². The van der Waals surface area contributed by atoms with Gasteiger partial charge in [-0.2, -0.15) is 0 Å². The lowest BCUT2D eigenvalue weighted by molar-refractivity contribution is -0.126. The summed E-state index contributed by atoms with van der Waals surface area (Å²) < 4.78 is 5.59. The lowest BCUT2D eigenvalue weighted by Crippen LogP contribution is -2.46. The lowest BCUT2D eigenvalue weighted by Gasteiger charge is -2.32. The zero-order valence-corrected chi connectivity index (χ0v) is 15.5. The molecule has 1 fully saturated rings. The first-order valence-corrected chi connectivity index (χ1v) is 8.65. The molecule has 140 valence electrons. The van der Waals surface area contributed by atoms with Gasteiger partial charge in [-0.1, -0.05) is 13.0 Å². The summed E-state index contributed by atoms with van der Waals surface area (Å²) in [6.45, 7) is 4.70. The lowest BCUT2D eigenvalue weighted by atomic mass is 9.96. The van der Waals surface area contributed by atoms with Gasteiger partial charge in [0.25, 0.3) is 5.91 Å². The van der Waals surface area contributed by atoms with E-state index in [0.29, 0.717) is 44.1 Å². The quantitative estimate of drug-likeness (QED) is 0.767. The number of halogens is 1. The second-order valence-corrected chi connectivity index (χ2v) is 6.05. The van der Waals surface area contributed by atoms with Crippen molar-refractivity contribution in [2.75, 3.05) is 32.8 Å². The number of benzene rings is 1. The first-order valence-electron chi connectivity index (χ1n) is 8.65. The summed E-state index contributed by atoms with van der Waals surface area (Å²) in [5.74, 6) is 0.483. The van der Waals surface area contributed by atoms with Crippen molar-refractivity contribution in [2.45, 2.75) is 26.2 Å². The minimum Gasteiger partial charge on any atom is -0.494 e. The van der Waals surface area contributed by atoms with Crippen LogP contribution >= 0.6 is 12.4 Å². The van der Waals surface area contributed by atoms with Crippen molar-refractivity contribution < 1.29 is 14.3 Å². The van der Waals surface area contributed by atoms with E-state index >= 15 is 0 Å². The summed E-state index contributed by atoms with van der Waals surface area (Å²) >= 11 is 0. The van der Waals surface area contributed by atoms with E-state index in [1.807, 2.05) is 19.1 Å². The molecule has 0 saturated carbocycles. The monoisotopic (exact) mass is 369 g/mol. The van der Waals surface area contributed by atoms with Crippen LogP contribution < -0.4 is 15.8 Å².